The van der Waals surface area contributed by atoms with Crippen LogP contribution >= 0.6 is 0 Å². The summed E-state index contributed by atoms with van der Waals surface area (Å²) >= 11 is 0. The number of nitrogens with one attached hydrogen (secondary N) is 1. The number of piperidine rings is 1. The molecule has 3 nitrogen and oxygen atoms in total. The predicted molar refractivity (Wildman–Crippen MR) is 78.0 cm³/mol. The van der Waals surface area contributed by atoms with Gasteiger partial charge in [0.05, 0.1) is 0 Å². The normalized spacial score (nSPS) is 27.5. The van der Waals surface area contributed by atoms with E-state index in [9.17, 15) is 0 Å². The number of nitrogens with zero attached hydrogens (tertiary/aromatic N) is 2. The minimum atomic E-state index is 0.486. The maximum absolute atomic E-state index is 3.52. The minimum absolute atomic E-state index is 0.486. The molecule has 1 N–H and O–H groups in total. The van der Waals surface area contributed by atoms with Crippen molar-refractivity contribution in [2.24, 2.45) is 5.92 Å². The maximum Gasteiger partial charge on any atom is 0.0330 e. The SMILES string of the molecule is CN(CCC1CCCNC1)CC1(N(C)C)CCC1. The summed E-state index contributed by atoms with van der Waals surface area (Å²) in [7, 11) is 6.80. The average Bonchev–Trinajstić information content (AvgIpc) is 2.32. The molecule has 1 atom stereocenters. The third-order valence-corrected chi connectivity index (χ3v) is 5.12. The van der Waals surface area contributed by atoms with Gasteiger partial charge in [0, 0.05) is 12.1 Å². The van der Waals surface area contributed by atoms with Gasteiger partial charge >= 0.3 is 0 Å². The Bertz CT molecular complexity index is 242. The monoisotopic (exact) mass is 253 g/mol. The second-order valence-corrected chi connectivity index (χ2v) is 6.71. The number of rotatable bonds is 6. The molecule has 2 fully saturated rings. The van der Waals surface area contributed by atoms with Crippen molar-refractivity contribution in [1.29, 1.82) is 0 Å². The molecule has 18 heavy (non-hydrogen) atoms. The molecule has 0 bridgehead atoms. The first-order chi connectivity index (χ1) is 8.62. The third-order valence-electron chi connectivity index (χ3n) is 5.12. The molecule has 2 rings (SSSR count). The van der Waals surface area contributed by atoms with Gasteiger partial charge in [0.2, 0.25) is 0 Å². The molecule has 106 valence electrons. The van der Waals surface area contributed by atoms with Crippen LogP contribution in [0.4, 0.5) is 0 Å². The quantitative estimate of drug-likeness (QED) is 0.778. The highest BCUT2D eigenvalue weighted by atomic mass is 15.2. The Morgan fingerprint density at radius 2 is 1.94 bits per heavy atom. The van der Waals surface area contributed by atoms with Gasteiger partial charge in [0.25, 0.3) is 0 Å². The van der Waals surface area contributed by atoms with Crippen LogP contribution in [0.25, 0.3) is 0 Å². The number of likely N-dealkylation sites (N-methyl/N-ethyl adjacent to an activating group) is 2. The molecule has 1 unspecified atom stereocenters. The molecule has 3 heteroatoms. The van der Waals surface area contributed by atoms with Crippen LogP contribution in [0.1, 0.15) is 38.5 Å². The van der Waals surface area contributed by atoms with E-state index < -0.39 is 0 Å². The summed E-state index contributed by atoms with van der Waals surface area (Å²) < 4.78 is 0. The third kappa shape index (κ3) is 3.46. The van der Waals surface area contributed by atoms with Gasteiger partial charge in [-0.05, 0) is 85.2 Å². The summed E-state index contributed by atoms with van der Waals surface area (Å²) in [5.74, 6) is 0.915. The molecule has 0 spiro atoms. The van der Waals surface area contributed by atoms with E-state index in [0.29, 0.717) is 5.54 Å². The Labute approximate surface area is 113 Å². The standard InChI is InChI=1S/C15H31N3/c1-17(2)15(8-5-9-15)13-18(3)11-7-14-6-4-10-16-12-14/h14,16H,4-13H2,1-3H3. The van der Waals surface area contributed by atoms with Crippen molar-refractivity contribution in [2.45, 2.75) is 44.1 Å². The molecule has 0 aromatic heterocycles. The average molecular weight is 253 g/mol. The first-order valence-electron chi connectivity index (χ1n) is 7.69. The first kappa shape index (κ1) is 14.3. The summed E-state index contributed by atoms with van der Waals surface area (Å²) in [6.45, 7) is 4.99. The lowest BCUT2D eigenvalue weighted by Crippen LogP contribution is -2.56. The van der Waals surface area contributed by atoms with Crippen LogP contribution in [0.2, 0.25) is 0 Å². The molecule has 1 saturated carbocycles. The van der Waals surface area contributed by atoms with E-state index in [-0.39, 0.29) is 0 Å². The van der Waals surface area contributed by atoms with Crippen molar-refractivity contribution in [3.8, 4) is 0 Å². The lowest BCUT2D eigenvalue weighted by atomic mass is 9.75. The fourth-order valence-corrected chi connectivity index (χ4v) is 3.49. The van der Waals surface area contributed by atoms with Crippen LogP contribution in [0.3, 0.4) is 0 Å². The molecular weight excluding hydrogens is 222 g/mol. The van der Waals surface area contributed by atoms with Crippen LogP contribution in [-0.4, -0.2) is 62.7 Å². The molecule has 0 aromatic carbocycles. The highest BCUT2D eigenvalue weighted by Gasteiger charge is 2.39. The maximum atomic E-state index is 3.52. The van der Waals surface area contributed by atoms with Crippen LogP contribution < -0.4 is 5.32 Å². The Morgan fingerprint density at radius 1 is 1.17 bits per heavy atom. The molecule has 2 aliphatic rings. The van der Waals surface area contributed by atoms with E-state index in [1.807, 2.05) is 0 Å². The second kappa shape index (κ2) is 6.36. The van der Waals surface area contributed by atoms with Crippen molar-refractivity contribution in [2.75, 3.05) is 47.3 Å². The van der Waals surface area contributed by atoms with E-state index in [1.54, 1.807) is 0 Å². The summed E-state index contributed by atoms with van der Waals surface area (Å²) in [5, 5.41) is 3.52. The molecule has 1 heterocycles. The van der Waals surface area contributed by atoms with Crippen molar-refractivity contribution in [3.63, 3.8) is 0 Å². The molecule has 0 radical (unpaired) electrons. The molecule has 0 aromatic rings. The highest BCUT2D eigenvalue weighted by Crippen LogP contribution is 2.36. The van der Waals surface area contributed by atoms with Crippen molar-refractivity contribution < 1.29 is 0 Å². The van der Waals surface area contributed by atoms with Gasteiger partial charge in [-0.15, -0.1) is 0 Å². The smallest absolute Gasteiger partial charge is 0.0330 e. The van der Waals surface area contributed by atoms with Gasteiger partial charge in [0.15, 0.2) is 0 Å². The largest absolute Gasteiger partial charge is 0.316 e. The lowest BCUT2D eigenvalue weighted by Gasteiger charge is -2.49. The van der Waals surface area contributed by atoms with Gasteiger partial charge < -0.3 is 15.1 Å². The summed E-state index contributed by atoms with van der Waals surface area (Å²) in [5.41, 5.74) is 0.486. The Kier molecular flexibility index (Phi) is 5.05. The van der Waals surface area contributed by atoms with Crippen LogP contribution in [-0.2, 0) is 0 Å². The van der Waals surface area contributed by atoms with Crippen LogP contribution in [0.15, 0.2) is 0 Å². The summed E-state index contributed by atoms with van der Waals surface area (Å²) in [4.78, 5) is 5.02. The fourth-order valence-electron chi connectivity index (χ4n) is 3.49. The van der Waals surface area contributed by atoms with Crippen molar-refractivity contribution in [3.05, 3.63) is 0 Å². The zero-order valence-corrected chi connectivity index (χ0v) is 12.5. The van der Waals surface area contributed by atoms with E-state index in [2.05, 4.69) is 36.3 Å². The number of hydrogen-bond acceptors (Lipinski definition) is 3. The van der Waals surface area contributed by atoms with E-state index in [4.69, 9.17) is 0 Å². The number of hydrogen-bond donors (Lipinski definition) is 1. The Morgan fingerprint density at radius 3 is 2.44 bits per heavy atom. The topological polar surface area (TPSA) is 18.5 Å². The van der Waals surface area contributed by atoms with Crippen molar-refractivity contribution >= 4 is 0 Å². The Balaban J connectivity index is 1.69. The Hall–Kier alpha value is -0.120. The molecular formula is C15H31N3. The molecule has 1 aliphatic carbocycles. The minimum Gasteiger partial charge on any atom is -0.316 e. The zero-order valence-electron chi connectivity index (χ0n) is 12.5. The van der Waals surface area contributed by atoms with Gasteiger partial charge in [-0.25, -0.2) is 0 Å². The van der Waals surface area contributed by atoms with Gasteiger partial charge in [0.1, 0.15) is 0 Å². The molecule has 1 aliphatic heterocycles. The first-order valence-corrected chi connectivity index (χ1v) is 7.69. The fraction of sp³-hybridized carbons (Fsp3) is 1.00. The van der Waals surface area contributed by atoms with Gasteiger partial charge in [-0.1, -0.05) is 0 Å². The van der Waals surface area contributed by atoms with Crippen LogP contribution in [0.5, 0.6) is 0 Å². The van der Waals surface area contributed by atoms with Crippen LogP contribution in [0, 0.1) is 5.92 Å². The van der Waals surface area contributed by atoms with Gasteiger partial charge in [-0.3, -0.25) is 0 Å². The molecule has 1 saturated heterocycles. The van der Waals surface area contributed by atoms with E-state index in [0.717, 1.165) is 5.92 Å². The summed E-state index contributed by atoms with van der Waals surface area (Å²) in [6, 6.07) is 0. The predicted octanol–water partition coefficient (Wildman–Crippen LogP) is 1.79. The second-order valence-electron chi connectivity index (χ2n) is 6.71. The van der Waals surface area contributed by atoms with E-state index >= 15 is 0 Å². The van der Waals surface area contributed by atoms with E-state index in [1.165, 1.54) is 64.7 Å². The van der Waals surface area contributed by atoms with Gasteiger partial charge in [-0.2, -0.15) is 0 Å². The lowest BCUT2D eigenvalue weighted by molar-refractivity contribution is 0.0263. The zero-order chi connectivity index (χ0) is 13.0. The highest BCUT2D eigenvalue weighted by molar-refractivity contribution is 4.97. The molecule has 0 amide bonds. The van der Waals surface area contributed by atoms with Crippen molar-refractivity contribution in [1.82, 2.24) is 15.1 Å². The summed E-state index contributed by atoms with van der Waals surface area (Å²) in [6.07, 6.45) is 8.35.